The van der Waals surface area contributed by atoms with Crippen molar-refractivity contribution in [3.05, 3.63) is 36.3 Å². The molecule has 7 heteroatoms. The van der Waals surface area contributed by atoms with Gasteiger partial charge in [-0.1, -0.05) is 0 Å². The average Bonchev–Trinajstić information content (AvgIpc) is 3.11. The number of halogens is 1. The average molecular weight is 365 g/mol. The van der Waals surface area contributed by atoms with Gasteiger partial charge in [-0.3, -0.25) is 4.57 Å². The van der Waals surface area contributed by atoms with Gasteiger partial charge in [0, 0.05) is 24.8 Å². The standard InChI is InChI=1S/C18H24N4O2.ClH/c1-13-10-14(4-5-17(13)24-3)16-11-22(12-20-16)18(23)21(2)15-6-8-19-9-7-15;/h4-5,10-12,15,19H,6-9H2,1-3H3;1H. The minimum absolute atomic E-state index is 0. The van der Waals surface area contributed by atoms with Gasteiger partial charge < -0.3 is 15.0 Å². The van der Waals surface area contributed by atoms with Crippen LogP contribution in [0.15, 0.2) is 30.7 Å². The summed E-state index contributed by atoms with van der Waals surface area (Å²) in [4.78, 5) is 18.9. The fourth-order valence-electron chi connectivity index (χ4n) is 3.15. The van der Waals surface area contributed by atoms with Gasteiger partial charge in [0.15, 0.2) is 0 Å². The van der Waals surface area contributed by atoms with Gasteiger partial charge in [0.25, 0.3) is 0 Å². The Morgan fingerprint density at radius 2 is 2.08 bits per heavy atom. The molecule has 25 heavy (non-hydrogen) atoms. The molecule has 1 aromatic heterocycles. The lowest BCUT2D eigenvalue weighted by atomic mass is 10.1. The maximum atomic E-state index is 12.7. The molecule has 1 aliphatic rings. The minimum atomic E-state index is -0.0362. The molecular formula is C18H25ClN4O2. The van der Waals surface area contributed by atoms with Gasteiger partial charge in [0.1, 0.15) is 12.1 Å². The molecule has 0 unspecified atom stereocenters. The van der Waals surface area contributed by atoms with E-state index in [9.17, 15) is 4.79 Å². The van der Waals surface area contributed by atoms with Gasteiger partial charge in [-0.15, -0.1) is 12.4 Å². The number of aryl methyl sites for hydroxylation is 1. The zero-order valence-corrected chi connectivity index (χ0v) is 15.7. The second kappa shape index (κ2) is 8.36. The Kier molecular flexibility index (Phi) is 6.45. The van der Waals surface area contributed by atoms with E-state index in [1.807, 2.05) is 37.1 Å². The quantitative estimate of drug-likeness (QED) is 0.909. The number of nitrogens with one attached hydrogen (secondary N) is 1. The Morgan fingerprint density at radius 1 is 1.36 bits per heavy atom. The number of aromatic nitrogens is 2. The predicted octanol–water partition coefficient (Wildman–Crippen LogP) is 2.94. The van der Waals surface area contributed by atoms with Crippen LogP contribution in [0.2, 0.25) is 0 Å². The number of amides is 1. The van der Waals surface area contributed by atoms with E-state index in [-0.39, 0.29) is 24.5 Å². The molecule has 0 spiro atoms. The molecular weight excluding hydrogens is 340 g/mol. The molecule has 1 amide bonds. The number of piperidine rings is 1. The number of hydrogen-bond donors (Lipinski definition) is 1. The highest BCUT2D eigenvalue weighted by Gasteiger charge is 2.23. The van der Waals surface area contributed by atoms with Gasteiger partial charge in [-0.25, -0.2) is 9.78 Å². The van der Waals surface area contributed by atoms with Gasteiger partial charge in [0.2, 0.25) is 0 Å². The van der Waals surface area contributed by atoms with Crippen molar-refractivity contribution < 1.29 is 9.53 Å². The van der Waals surface area contributed by atoms with Crippen LogP contribution in [0.1, 0.15) is 18.4 Å². The highest BCUT2D eigenvalue weighted by molar-refractivity contribution is 5.85. The van der Waals surface area contributed by atoms with Crippen LogP contribution >= 0.6 is 12.4 Å². The van der Waals surface area contributed by atoms with Crippen LogP contribution < -0.4 is 10.1 Å². The monoisotopic (exact) mass is 364 g/mol. The maximum Gasteiger partial charge on any atom is 0.329 e. The summed E-state index contributed by atoms with van der Waals surface area (Å²) in [5, 5.41) is 3.32. The van der Waals surface area contributed by atoms with E-state index in [2.05, 4.69) is 10.3 Å². The fourth-order valence-corrected chi connectivity index (χ4v) is 3.15. The van der Waals surface area contributed by atoms with E-state index in [0.29, 0.717) is 0 Å². The molecule has 0 saturated carbocycles. The number of nitrogens with zero attached hydrogens (tertiary/aromatic N) is 3. The normalized spacial score (nSPS) is 14.7. The molecule has 3 rings (SSSR count). The van der Waals surface area contributed by atoms with Crippen molar-refractivity contribution in [1.29, 1.82) is 0 Å². The SMILES string of the molecule is COc1ccc(-c2cn(C(=O)N(C)C3CCNCC3)cn2)cc1C.Cl. The highest BCUT2D eigenvalue weighted by Crippen LogP contribution is 2.25. The summed E-state index contributed by atoms with van der Waals surface area (Å²) in [6, 6.07) is 6.15. The number of ether oxygens (including phenoxy) is 1. The lowest BCUT2D eigenvalue weighted by molar-refractivity contribution is 0.178. The second-order valence-corrected chi connectivity index (χ2v) is 6.23. The molecule has 1 aromatic carbocycles. The molecule has 1 saturated heterocycles. The number of benzene rings is 1. The first-order valence-electron chi connectivity index (χ1n) is 8.27. The summed E-state index contributed by atoms with van der Waals surface area (Å²) in [5.74, 6) is 0.847. The van der Waals surface area contributed by atoms with Crippen molar-refractivity contribution in [3.8, 4) is 17.0 Å². The van der Waals surface area contributed by atoms with Crippen LogP contribution in [-0.2, 0) is 0 Å². The molecule has 0 atom stereocenters. The van der Waals surface area contributed by atoms with Crippen LogP contribution in [0, 0.1) is 6.92 Å². The summed E-state index contributed by atoms with van der Waals surface area (Å²) in [6.07, 6.45) is 5.36. The van der Waals surface area contributed by atoms with Crippen molar-refractivity contribution >= 4 is 18.4 Å². The zero-order valence-electron chi connectivity index (χ0n) is 14.9. The van der Waals surface area contributed by atoms with E-state index in [1.165, 1.54) is 0 Å². The lowest BCUT2D eigenvalue weighted by Gasteiger charge is -2.31. The Labute approximate surface area is 154 Å². The number of carbonyl (C=O) groups excluding carboxylic acids is 1. The molecule has 1 aliphatic heterocycles. The summed E-state index contributed by atoms with van der Waals surface area (Å²) in [6.45, 7) is 3.92. The van der Waals surface area contributed by atoms with E-state index in [1.54, 1.807) is 24.2 Å². The largest absolute Gasteiger partial charge is 0.496 e. The van der Waals surface area contributed by atoms with Gasteiger partial charge in [-0.05, 0) is 56.6 Å². The maximum absolute atomic E-state index is 12.7. The Bertz CT molecular complexity index is 726. The van der Waals surface area contributed by atoms with Crippen molar-refractivity contribution in [2.24, 2.45) is 0 Å². The number of imidazole rings is 1. The lowest BCUT2D eigenvalue weighted by Crippen LogP contribution is -2.45. The second-order valence-electron chi connectivity index (χ2n) is 6.23. The third-order valence-electron chi connectivity index (χ3n) is 4.65. The number of rotatable bonds is 3. The highest BCUT2D eigenvalue weighted by atomic mass is 35.5. The molecule has 0 radical (unpaired) electrons. The van der Waals surface area contributed by atoms with E-state index in [4.69, 9.17) is 4.74 Å². The first kappa shape index (κ1) is 19.3. The number of methoxy groups -OCH3 is 1. The van der Waals surface area contributed by atoms with Gasteiger partial charge >= 0.3 is 6.03 Å². The van der Waals surface area contributed by atoms with E-state index >= 15 is 0 Å². The molecule has 6 nitrogen and oxygen atoms in total. The van der Waals surface area contributed by atoms with Crippen molar-refractivity contribution in [2.45, 2.75) is 25.8 Å². The molecule has 2 heterocycles. The third-order valence-corrected chi connectivity index (χ3v) is 4.65. The van der Waals surface area contributed by atoms with Crippen molar-refractivity contribution in [3.63, 3.8) is 0 Å². The molecule has 2 aromatic rings. The van der Waals surface area contributed by atoms with E-state index < -0.39 is 0 Å². The van der Waals surface area contributed by atoms with Crippen molar-refractivity contribution in [1.82, 2.24) is 19.8 Å². The Morgan fingerprint density at radius 3 is 2.72 bits per heavy atom. The summed E-state index contributed by atoms with van der Waals surface area (Å²) in [5.41, 5.74) is 2.81. The van der Waals surface area contributed by atoms with Gasteiger partial charge in [-0.2, -0.15) is 0 Å². The molecule has 1 fully saturated rings. The number of hydrogen-bond acceptors (Lipinski definition) is 4. The molecule has 0 aliphatic carbocycles. The van der Waals surface area contributed by atoms with Crippen LogP contribution in [0.5, 0.6) is 5.75 Å². The first-order chi connectivity index (χ1) is 11.6. The molecule has 136 valence electrons. The first-order valence-corrected chi connectivity index (χ1v) is 8.27. The Hall–Kier alpha value is -2.05. The summed E-state index contributed by atoms with van der Waals surface area (Å²) in [7, 11) is 3.53. The zero-order chi connectivity index (χ0) is 17.1. The van der Waals surface area contributed by atoms with Crippen molar-refractivity contribution in [2.75, 3.05) is 27.2 Å². The molecule has 1 N–H and O–H groups in total. The molecule has 0 bridgehead atoms. The van der Waals surface area contributed by atoms with E-state index in [0.717, 1.165) is 48.5 Å². The predicted molar refractivity (Wildman–Crippen MR) is 101 cm³/mol. The Balaban J connectivity index is 0.00000225. The third kappa shape index (κ3) is 4.14. The fraction of sp³-hybridized carbons (Fsp3) is 0.444. The topological polar surface area (TPSA) is 59.4 Å². The van der Waals surface area contributed by atoms with Crippen LogP contribution in [0.25, 0.3) is 11.3 Å². The van der Waals surface area contributed by atoms with Crippen LogP contribution in [0.3, 0.4) is 0 Å². The number of carbonyl (C=O) groups is 1. The van der Waals surface area contributed by atoms with Crippen LogP contribution in [0.4, 0.5) is 4.79 Å². The summed E-state index contributed by atoms with van der Waals surface area (Å²) >= 11 is 0. The smallest absolute Gasteiger partial charge is 0.329 e. The summed E-state index contributed by atoms with van der Waals surface area (Å²) < 4.78 is 6.85. The minimum Gasteiger partial charge on any atom is -0.496 e. The van der Waals surface area contributed by atoms with Gasteiger partial charge in [0.05, 0.1) is 12.8 Å². The van der Waals surface area contributed by atoms with Crippen LogP contribution in [-0.4, -0.2) is 53.8 Å².